The minimum absolute atomic E-state index is 0.140. The van der Waals surface area contributed by atoms with E-state index in [2.05, 4.69) is 0 Å². The summed E-state index contributed by atoms with van der Waals surface area (Å²) >= 11 is 0. The van der Waals surface area contributed by atoms with Crippen molar-refractivity contribution in [2.24, 2.45) is 7.05 Å². The van der Waals surface area contributed by atoms with Gasteiger partial charge in [-0.2, -0.15) is 0 Å². The maximum absolute atomic E-state index is 12.9. The molecule has 0 radical (unpaired) electrons. The Morgan fingerprint density at radius 2 is 1.73 bits per heavy atom. The largest absolute Gasteiger partial charge is 0.443 e. The Morgan fingerprint density at radius 3 is 2.23 bits per heavy atom. The highest BCUT2D eigenvalue weighted by molar-refractivity contribution is 5.98. The van der Waals surface area contributed by atoms with E-state index in [1.807, 2.05) is 19.9 Å². The van der Waals surface area contributed by atoms with Crippen LogP contribution in [0.3, 0.4) is 0 Å². The van der Waals surface area contributed by atoms with Crippen LogP contribution in [0.5, 0.6) is 0 Å². The van der Waals surface area contributed by atoms with Crippen LogP contribution in [0.25, 0.3) is 0 Å². The monoisotopic (exact) mass is 356 g/mol. The van der Waals surface area contributed by atoms with Crippen LogP contribution in [-0.4, -0.2) is 40.2 Å². The molecule has 0 saturated carbocycles. The van der Waals surface area contributed by atoms with Gasteiger partial charge in [-0.1, -0.05) is 30.3 Å². The molecule has 0 spiro atoms. The molecule has 1 amide bonds. The average Bonchev–Trinajstić information content (AvgIpc) is 3.03. The van der Waals surface area contributed by atoms with Crippen LogP contribution < -0.4 is 0 Å². The molecule has 1 aromatic heterocycles. The minimum atomic E-state index is -1.03. The van der Waals surface area contributed by atoms with Crippen LogP contribution in [0.15, 0.2) is 42.6 Å². The molecule has 0 aliphatic carbocycles. The van der Waals surface area contributed by atoms with Gasteiger partial charge in [0.15, 0.2) is 5.78 Å². The Morgan fingerprint density at radius 1 is 1.12 bits per heavy atom. The Labute approximate surface area is 153 Å². The molecule has 0 saturated heterocycles. The second-order valence-electron chi connectivity index (χ2n) is 5.99. The van der Waals surface area contributed by atoms with Crippen molar-refractivity contribution in [3.8, 4) is 0 Å². The lowest BCUT2D eigenvalue weighted by atomic mass is 10.1. The number of esters is 1. The molecule has 6 nitrogen and oxygen atoms in total. The quantitative estimate of drug-likeness (QED) is 0.565. The van der Waals surface area contributed by atoms with E-state index in [1.54, 1.807) is 42.4 Å². The van der Waals surface area contributed by atoms with Crippen molar-refractivity contribution in [3.63, 3.8) is 0 Å². The van der Waals surface area contributed by atoms with Crippen LogP contribution in [0.4, 0.5) is 0 Å². The number of aryl methyl sites for hydroxylation is 1. The number of aromatic nitrogens is 1. The lowest BCUT2D eigenvalue weighted by Gasteiger charge is -2.25. The third-order valence-corrected chi connectivity index (χ3v) is 4.25. The molecule has 0 unspecified atom stereocenters. The van der Waals surface area contributed by atoms with E-state index in [0.717, 1.165) is 0 Å². The van der Waals surface area contributed by atoms with Crippen molar-refractivity contribution in [2.45, 2.75) is 26.9 Å². The number of carbonyl (C=O) groups is 3. The molecule has 26 heavy (non-hydrogen) atoms. The van der Waals surface area contributed by atoms with Crippen LogP contribution in [0, 0.1) is 0 Å². The normalized spacial score (nSPS) is 11.7. The van der Waals surface area contributed by atoms with Crippen molar-refractivity contribution in [2.75, 3.05) is 13.1 Å². The van der Waals surface area contributed by atoms with E-state index in [1.165, 1.54) is 17.6 Å². The van der Waals surface area contributed by atoms with Gasteiger partial charge < -0.3 is 14.2 Å². The summed E-state index contributed by atoms with van der Waals surface area (Å²) < 4.78 is 7.11. The molecule has 0 fully saturated rings. The number of rotatable bonds is 7. The molecule has 2 aromatic rings. The Bertz CT molecular complexity index is 791. The van der Waals surface area contributed by atoms with E-state index < -0.39 is 12.1 Å². The van der Waals surface area contributed by atoms with Crippen molar-refractivity contribution in [3.05, 3.63) is 59.4 Å². The number of Topliss-reactive ketones (excluding diaryl/α,β-unsaturated/α-hetero) is 1. The molecule has 2 rings (SSSR count). The zero-order chi connectivity index (χ0) is 19.3. The van der Waals surface area contributed by atoms with E-state index in [0.29, 0.717) is 24.2 Å². The van der Waals surface area contributed by atoms with Gasteiger partial charge >= 0.3 is 5.97 Å². The highest BCUT2D eigenvalue weighted by Crippen LogP contribution is 2.22. The van der Waals surface area contributed by atoms with E-state index in [9.17, 15) is 14.4 Å². The van der Waals surface area contributed by atoms with E-state index in [4.69, 9.17) is 4.74 Å². The molecule has 6 heteroatoms. The first kappa shape index (κ1) is 19.4. The first-order valence-electron chi connectivity index (χ1n) is 8.61. The number of hydrogen-bond acceptors (Lipinski definition) is 4. The molecular formula is C20H24N2O4. The highest BCUT2D eigenvalue weighted by atomic mass is 16.5. The fourth-order valence-electron chi connectivity index (χ4n) is 2.72. The molecule has 1 heterocycles. The summed E-state index contributed by atoms with van der Waals surface area (Å²) in [5.41, 5.74) is 1.26. The smallest absolute Gasteiger partial charge is 0.356 e. The summed E-state index contributed by atoms with van der Waals surface area (Å²) in [6.45, 7) is 6.23. The van der Waals surface area contributed by atoms with Gasteiger partial charge in [0.05, 0.1) is 0 Å². The minimum Gasteiger partial charge on any atom is -0.443 e. The fourth-order valence-corrected chi connectivity index (χ4v) is 2.72. The lowest BCUT2D eigenvalue weighted by Crippen LogP contribution is -2.36. The van der Waals surface area contributed by atoms with Gasteiger partial charge in [-0.25, -0.2) is 4.79 Å². The summed E-state index contributed by atoms with van der Waals surface area (Å²) in [6, 6.07) is 10.4. The summed E-state index contributed by atoms with van der Waals surface area (Å²) in [6.07, 6.45) is 0.544. The Balaban J connectivity index is 2.33. The Kier molecular flexibility index (Phi) is 6.33. The number of carbonyl (C=O) groups excluding carboxylic acids is 3. The standard InChI is InChI=1S/C20H24N2O4/c1-5-22(6-2)19(24)18(15-10-8-7-9-11-15)26-20(25)17-12-16(14(3)23)13-21(17)4/h7-13,18H,5-6H2,1-4H3/t18-/m1/s1. The van der Waals surface area contributed by atoms with Gasteiger partial charge in [0.25, 0.3) is 5.91 Å². The second kappa shape index (κ2) is 8.47. The summed E-state index contributed by atoms with van der Waals surface area (Å²) in [4.78, 5) is 38.7. The zero-order valence-electron chi connectivity index (χ0n) is 15.6. The highest BCUT2D eigenvalue weighted by Gasteiger charge is 2.29. The lowest BCUT2D eigenvalue weighted by molar-refractivity contribution is -0.140. The first-order chi connectivity index (χ1) is 12.4. The SMILES string of the molecule is CCN(CC)C(=O)[C@H](OC(=O)c1cc(C(C)=O)cn1C)c1ccccc1. The summed E-state index contributed by atoms with van der Waals surface area (Å²) in [7, 11) is 1.66. The number of hydrogen-bond donors (Lipinski definition) is 0. The van der Waals surface area contributed by atoms with Gasteiger partial charge in [-0.3, -0.25) is 9.59 Å². The van der Waals surface area contributed by atoms with Crippen LogP contribution in [0.1, 0.15) is 53.3 Å². The van der Waals surface area contributed by atoms with Crippen LogP contribution >= 0.6 is 0 Å². The summed E-state index contributed by atoms with van der Waals surface area (Å²) in [5, 5.41) is 0. The average molecular weight is 356 g/mol. The number of benzene rings is 1. The maximum Gasteiger partial charge on any atom is 0.356 e. The molecule has 138 valence electrons. The molecule has 1 atom stereocenters. The third kappa shape index (κ3) is 4.20. The number of amides is 1. The predicted octanol–water partition coefficient (Wildman–Crippen LogP) is 2.99. The van der Waals surface area contributed by atoms with E-state index in [-0.39, 0.29) is 17.4 Å². The molecular weight excluding hydrogens is 332 g/mol. The Hall–Kier alpha value is -2.89. The first-order valence-corrected chi connectivity index (χ1v) is 8.61. The van der Waals surface area contributed by atoms with Crippen LogP contribution in [0.2, 0.25) is 0 Å². The topological polar surface area (TPSA) is 68.6 Å². The summed E-state index contributed by atoms with van der Waals surface area (Å²) in [5.74, 6) is -1.05. The van der Waals surface area contributed by atoms with Crippen molar-refractivity contribution in [1.29, 1.82) is 0 Å². The van der Waals surface area contributed by atoms with Gasteiger partial charge in [0.1, 0.15) is 5.69 Å². The van der Waals surface area contributed by atoms with E-state index >= 15 is 0 Å². The number of ether oxygens (including phenoxy) is 1. The van der Waals surface area contributed by atoms with Crippen molar-refractivity contribution >= 4 is 17.7 Å². The zero-order valence-corrected chi connectivity index (χ0v) is 15.6. The van der Waals surface area contributed by atoms with Gasteiger partial charge in [-0.15, -0.1) is 0 Å². The molecule has 0 aliphatic rings. The molecule has 0 aliphatic heterocycles. The molecule has 0 bridgehead atoms. The second-order valence-corrected chi connectivity index (χ2v) is 5.99. The van der Waals surface area contributed by atoms with Crippen molar-refractivity contribution in [1.82, 2.24) is 9.47 Å². The number of likely N-dealkylation sites (N-methyl/N-ethyl adjacent to an activating group) is 1. The number of ketones is 1. The number of nitrogens with zero attached hydrogens (tertiary/aromatic N) is 2. The van der Waals surface area contributed by atoms with Gasteiger partial charge in [0, 0.05) is 37.5 Å². The maximum atomic E-state index is 12.9. The van der Waals surface area contributed by atoms with Crippen molar-refractivity contribution < 1.29 is 19.1 Å². The third-order valence-electron chi connectivity index (χ3n) is 4.25. The van der Waals surface area contributed by atoms with Crippen LogP contribution in [-0.2, 0) is 16.6 Å². The van der Waals surface area contributed by atoms with Gasteiger partial charge in [-0.05, 0) is 26.8 Å². The molecule has 1 aromatic carbocycles. The predicted molar refractivity (Wildman–Crippen MR) is 97.9 cm³/mol. The molecule has 0 N–H and O–H groups in total. The fraction of sp³-hybridized carbons (Fsp3) is 0.350. The van der Waals surface area contributed by atoms with Gasteiger partial charge in [0.2, 0.25) is 6.10 Å².